The zero-order valence-electron chi connectivity index (χ0n) is 20.1. The zero-order valence-corrected chi connectivity index (χ0v) is 20.9. The largest absolute Gasteiger partial charge is 0.383 e. The number of hydrogen-bond acceptors (Lipinski definition) is 7. The van der Waals surface area contributed by atoms with Crippen LogP contribution in [0.15, 0.2) is 22.7 Å². The van der Waals surface area contributed by atoms with E-state index in [1.807, 2.05) is 12.2 Å². The van der Waals surface area contributed by atoms with E-state index in [4.69, 9.17) is 9.26 Å². The fourth-order valence-corrected chi connectivity index (χ4v) is 6.17. The fourth-order valence-electron chi connectivity index (χ4n) is 4.71. The van der Waals surface area contributed by atoms with Crippen LogP contribution in [0, 0.1) is 0 Å². The van der Waals surface area contributed by atoms with E-state index >= 15 is 0 Å². The summed E-state index contributed by atoms with van der Waals surface area (Å²) in [5.41, 5.74) is 0.283. The SMILES string of the molecule is COCCN(C)C1CCN(S(=O)(=O)N[C@H]2CC=CC[C@H](NC(=O)c3cc(C4CC4)on3)C2)CC1. The lowest BCUT2D eigenvalue weighted by Crippen LogP contribution is -2.52. The molecule has 34 heavy (non-hydrogen) atoms. The highest BCUT2D eigenvalue weighted by atomic mass is 32.2. The predicted octanol–water partition coefficient (Wildman–Crippen LogP) is 1.64. The molecule has 2 aliphatic carbocycles. The summed E-state index contributed by atoms with van der Waals surface area (Å²) >= 11 is 0. The van der Waals surface area contributed by atoms with E-state index in [1.165, 1.54) is 0 Å². The Kier molecular flexibility index (Phi) is 8.41. The van der Waals surface area contributed by atoms with E-state index in [2.05, 4.69) is 27.1 Å². The molecule has 0 unspecified atom stereocenters. The van der Waals surface area contributed by atoms with Gasteiger partial charge in [-0.1, -0.05) is 17.3 Å². The lowest BCUT2D eigenvalue weighted by Gasteiger charge is -2.36. The second-order valence-corrected chi connectivity index (χ2v) is 11.4. The molecule has 0 aromatic carbocycles. The van der Waals surface area contributed by atoms with Crippen molar-refractivity contribution in [3.8, 4) is 0 Å². The molecule has 11 heteroatoms. The standard InChI is InChI=1S/C23H37N5O5S/c1-27(13-14-32-2)20-9-11-28(12-10-20)34(30,31)26-19-6-4-3-5-18(15-19)24-23(29)21-16-22(33-25-21)17-7-8-17/h3-4,16-20,26H,5-15H2,1-2H3,(H,24,29)/t18-,19-/m0/s1. The van der Waals surface area contributed by atoms with E-state index in [-0.39, 0.29) is 23.7 Å². The van der Waals surface area contributed by atoms with Gasteiger partial charge in [0.05, 0.1) is 6.61 Å². The van der Waals surface area contributed by atoms with Crippen molar-refractivity contribution in [3.63, 3.8) is 0 Å². The topological polar surface area (TPSA) is 117 Å². The summed E-state index contributed by atoms with van der Waals surface area (Å²) in [5.74, 6) is 0.881. The van der Waals surface area contributed by atoms with E-state index < -0.39 is 10.2 Å². The first-order valence-electron chi connectivity index (χ1n) is 12.2. The number of aromatic nitrogens is 1. The third-order valence-corrected chi connectivity index (χ3v) is 8.68. The van der Waals surface area contributed by atoms with Crippen molar-refractivity contribution in [2.75, 3.05) is 40.4 Å². The van der Waals surface area contributed by atoms with Gasteiger partial charge in [0.15, 0.2) is 5.69 Å². The highest BCUT2D eigenvalue weighted by Gasteiger charge is 2.33. The molecule has 1 aliphatic heterocycles. The van der Waals surface area contributed by atoms with Crippen molar-refractivity contribution < 1.29 is 22.5 Å². The summed E-state index contributed by atoms with van der Waals surface area (Å²) in [7, 11) is 0.144. The summed E-state index contributed by atoms with van der Waals surface area (Å²) in [5, 5.41) is 6.91. The van der Waals surface area contributed by atoms with Crippen LogP contribution in [0.1, 0.15) is 67.1 Å². The maximum Gasteiger partial charge on any atom is 0.279 e. The number of amides is 1. The van der Waals surface area contributed by atoms with Gasteiger partial charge in [0.25, 0.3) is 16.1 Å². The maximum atomic E-state index is 13.1. The van der Waals surface area contributed by atoms with Crippen LogP contribution in [0.5, 0.6) is 0 Å². The molecule has 2 N–H and O–H groups in total. The Morgan fingerprint density at radius 2 is 1.91 bits per heavy atom. The van der Waals surface area contributed by atoms with Gasteiger partial charge in [-0.05, 0) is 52.0 Å². The van der Waals surface area contributed by atoms with Gasteiger partial charge in [-0.15, -0.1) is 0 Å². The van der Waals surface area contributed by atoms with Gasteiger partial charge >= 0.3 is 0 Å². The molecule has 1 saturated heterocycles. The highest BCUT2D eigenvalue weighted by Crippen LogP contribution is 2.40. The first kappa shape index (κ1) is 25.3. The number of likely N-dealkylation sites (N-methyl/N-ethyl adjacent to an activating group) is 1. The van der Waals surface area contributed by atoms with Crippen LogP contribution in [0.4, 0.5) is 0 Å². The quantitative estimate of drug-likeness (QED) is 0.474. The molecule has 1 amide bonds. The average Bonchev–Trinajstić information content (AvgIpc) is 3.59. The number of carbonyl (C=O) groups excluding carboxylic acids is 1. The van der Waals surface area contributed by atoms with Crippen molar-refractivity contribution in [3.05, 3.63) is 29.7 Å². The third kappa shape index (κ3) is 6.66. The minimum Gasteiger partial charge on any atom is -0.383 e. The molecule has 2 heterocycles. The van der Waals surface area contributed by atoms with Crippen LogP contribution in [0.3, 0.4) is 0 Å². The first-order chi connectivity index (χ1) is 16.4. The number of piperidine rings is 1. The van der Waals surface area contributed by atoms with Gasteiger partial charge in [-0.3, -0.25) is 4.79 Å². The minimum atomic E-state index is -3.60. The minimum absolute atomic E-state index is 0.180. The molecule has 0 spiro atoms. The molecule has 2 fully saturated rings. The second kappa shape index (κ2) is 11.3. The summed E-state index contributed by atoms with van der Waals surface area (Å²) in [6, 6.07) is 1.62. The maximum absolute atomic E-state index is 13.1. The van der Waals surface area contributed by atoms with Crippen molar-refractivity contribution in [2.45, 2.75) is 69.0 Å². The van der Waals surface area contributed by atoms with Crippen molar-refractivity contribution in [1.29, 1.82) is 0 Å². The van der Waals surface area contributed by atoms with Crippen molar-refractivity contribution in [1.82, 2.24) is 24.4 Å². The van der Waals surface area contributed by atoms with Crippen LogP contribution >= 0.6 is 0 Å². The lowest BCUT2D eigenvalue weighted by atomic mass is 10.1. The predicted molar refractivity (Wildman–Crippen MR) is 128 cm³/mol. The Balaban J connectivity index is 1.28. The van der Waals surface area contributed by atoms with E-state index in [0.29, 0.717) is 50.9 Å². The molecule has 3 aliphatic rings. The molecular formula is C23H37N5O5S. The monoisotopic (exact) mass is 495 g/mol. The Bertz CT molecular complexity index is 953. The Hall–Kier alpha value is -1.79. The van der Waals surface area contributed by atoms with Crippen LogP contribution in [-0.4, -0.2) is 87.2 Å². The molecule has 1 aromatic rings. The van der Waals surface area contributed by atoms with Gasteiger partial charge in [0, 0.05) is 56.9 Å². The third-order valence-electron chi connectivity index (χ3n) is 7.00. The molecule has 2 atom stereocenters. The number of carbonyl (C=O) groups is 1. The van der Waals surface area contributed by atoms with Crippen LogP contribution in [0.25, 0.3) is 0 Å². The smallest absolute Gasteiger partial charge is 0.279 e. The van der Waals surface area contributed by atoms with Crippen LogP contribution < -0.4 is 10.0 Å². The molecule has 10 nitrogen and oxygen atoms in total. The molecular weight excluding hydrogens is 458 g/mol. The van der Waals surface area contributed by atoms with E-state index in [9.17, 15) is 13.2 Å². The average molecular weight is 496 g/mol. The van der Waals surface area contributed by atoms with Crippen LogP contribution in [0.2, 0.25) is 0 Å². The van der Waals surface area contributed by atoms with Crippen molar-refractivity contribution in [2.24, 2.45) is 0 Å². The normalized spacial score (nSPS) is 24.9. The number of rotatable bonds is 10. The number of hydrogen-bond donors (Lipinski definition) is 2. The molecule has 0 radical (unpaired) electrons. The van der Waals surface area contributed by atoms with Gasteiger partial charge in [-0.2, -0.15) is 17.4 Å². The molecule has 0 bridgehead atoms. The molecule has 1 saturated carbocycles. The molecule has 190 valence electrons. The van der Waals surface area contributed by atoms with E-state index in [0.717, 1.165) is 38.0 Å². The van der Waals surface area contributed by atoms with Gasteiger partial charge in [-0.25, -0.2) is 0 Å². The molecule has 4 rings (SSSR count). The summed E-state index contributed by atoms with van der Waals surface area (Å²) in [4.78, 5) is 14.9. The number of ether oxygens (including phenoxy) is 1. The fraction of sp³-hybridized carbons (Fsp3) is 0.739. The van der Waals surface area contributed by atoms with Gasteiger partial charge in [0.2, 0.25) is 0 Å². The Labute approximate surface area is 202 Å². The number of methoxy groups -OCH3 is 1. The summed E-state index contributed by atoms with van der Waals surface area (Å²) in [6.45, 7) is 2.50. The summed E-state index contributed by atoms with van der Waals surface area (Å²) in [6.07, 6.45) is 9.49. The zero-order chi connectivity index (χ0) is 24.1. The number of nitrogens with one attached hydrogen (secondary N) is 2. The van der Waals surface area contributed by atoms with Gasteiger partial charge < -0.3 is 19.5 Å². The van der Waals surface area contributed by atoms with Gasteiger partial charge in [0.1, 0.15) is 5.76 Å². The van der Waals surface area contributed by atoms with Crippen LogP contribution in [-0.2, 0) is 14.9 Å². The van der Waals surface area contributed by atoms with E-state index in [1.54, 1.807) is 17.5 Å². The Morgan fingerprint density at radius 3 is 2.59 bits per heavy atom. The summed E-state index contributed by atoms with van der Waals surface area (Å²) < 4.78 is 41.0. The molecule has 1 aromatic heterocycles. The Morgan fingerprint density at radius 1 is 1.21 bits per heavy atom. The second-order valence-electron chi connectivity index (χ2n) is 9.66. The number of nitrogens with zero attached hydrogens (tertiary/aromatic N) is 3. The first-order valence-corrected chi connectivity index (χ1v) is 13.7. The van der Waals surface area contributed by atoms with Crippen molar-refractivity contribution >= 4 is 16.1 Å². The lowest BCUT2D eigenvalue weighted by molar-refractivity contribution is 0.0925. The highest BCUT2D eigenvalue weighted by molar-refractivity contribution is 7.87.